The molecule has 1 amide bonds. The van der Waals surface area contributed by atoms with E-state index in [9.17, 15) is 4.79 Å². The van der Waals surface area contributed by atoms with E-state index >= 15 is 0 Å². The third-order valence-electron chi connectivity index (χ3n) is 2.34. The van der Waals surface area contributed by atoms with Crippen LogP contribution < -0.4 is 16.4 Å². The average molecular weight is 185 g/mol. The number of rotatable bonds is 5. The standard InChI is InChI=1S/C9H19N3O/c10-3-1-4-12-9(13)6-8-2-5-11-7-8/h8,11H,1-7,10H2,(H,12,13). The first-order chi connectivity index (χ1) is 6.33. The van der Waals surface area contributed by atoms with Crippen molar-refractivity contribution in [1.82, 2.24) is 10.6 Å². The first-order valence-electron chi connectivity index (χ1n) is 5.00. The summed E-state index contributed by atoms with van der Waals surface area (Å²) in [5.74, 6) is 0.708. The lowest BCUT2D eigenvalue weighted by Crippen LogP contribution is -2.28. The third-order valence-corrected chi connectivity index (χ3v) is 2.34. The second-order valence-corrected chi connectivity index (χ2v) is 3.56. The third kappa shape index (κ3) is 4.24. The summed E-state index contributed by atoms with van der Waals surface area (Å²) in [6.45, 7) is 3.41. The lowest BCUT2D eigenvalue weighted by Gasteiger charge is -2.08. The first-order valence-corrected chi connectivity index (χ1v) is 5.00. The van der Waals surface area contributed by atoms with Crippen molar-refractivity contribution in [2.45, 2.75) is 19.3 Å². The summed E-state index contributed by atoms with van der Waals surface area (Å²) in [5, 5.41) is 6.11. The molecular formula is C9H19N3O. The number of carbonyl (C=O) groups excluding carboxylic acids is 1. The topological polar surface area (TPSA) is 67.1 Å². The summed E-state index contributed by atoms with van der Waals surface area (Å²) < 4.78 is 0. The molecule has 1 heterocycles. The van der Waals surface area contributed by atoms with Crippen LogP contribution in [0, 0.1) is 5.92 Å². The summed E-state index contributed by atoms with van der Waals surface area (Å²) in [7, 11) is 0. The largest absolute Gasteiger partial charge is 0.356 e. The van der Waals surface area contributed by atoms with Crippen LogP contribution in [0.5, 0.6) is 0 Å². The molecule has 1 saturated heterocycles. The Morgan fingerprint density at radius 2 is 2.46 bits per heavy atom. The maximum absolute atomic E-state index is 11.3. The smallest absolute Gasteiger partial charge is 0.220 e. The molecule has 4 heteroatoms. The van der Waals surface area contributed by atoms with Crippen molar-refractivity contribution >= 4 is 5.91 Å². The molecule has 0 aliphatic carbocycles. The predicted octanol–water partition coefficient (Wildman–Crippen LogP) is -0.549. The second kappa shape index (κ2) is 5.94. The highest BCUT2D eigenvalue weighted by atomic mass is 16.1. The number of amides is 1. The number of carbonyl (C=O) groups is 1. The zero-order valence-electron chi connectivity index (χ0n) is 8.01. The van der Waals surface area contributed by atoms with Gasteiger partial charge in [-0.1, -0.05) is 0 Å². The van der Waals surface area contributed by atoms with Gasteiger partial charge in [-0.3, -0.25) is 4.79 Å². The SMILES string of the molecule is NCCCNC(=O)CC1CCNC1. The van der Waals surface area contributed by atoms with Gasteiger partial charge < -0.3 is 16.4 Å². The fourth-order valence-electron chi connectivity index (χ4n) is 1.55. The van der Waals surface area contributed by atoms with Gasteiger partial charge in [-0.2, -0.15) is 0 Å². The average Bonchev–Trinajstić information content (AvgIpc) is 2.57. The van der Waals surface area contributed by atoms with Crippen LogP contribution in [-0.2, 0) is 4.79 Å². The van der Waals surface area contributed by atoms with Crippen LogP contribution in [0.2, 0.25) is 0 Å². The Bertz CT molecular complexity index is 155. The molecule has 0 radical (unpaired) electrons. The molecule has 0 spiro atoms. The van der Waals surface area contributed by atoms with E-state index < -0.39 is 0 Å². The van der Waals surface area contributed by atoms with E-state index in [-0.39, 0.29) is 5.91 Å². The summed E-state index contributed by atoms with van der Waals surface area (Å²) in [4.78, 5) is 11.3. The molecule has 0 saturated carbocycles. The molecule has 1 unspecified atom stereocenters. The van der Waals surface area contributed by atoms with Crippen molar-refractivity contribution in [2.75, 3.05) is 26.2 Å². The molecule has 4 nitrogen and oxygen atoms in total. The molecule has 1 aliphatic rings. The Kier molecular flexibility index (Phi) is 4.78. The molecule has 0 aromatic rings. The molecule has 1 atom stereocenters. The van der Waals surface area contributed by atoms with E-state index in [0.717, 1.165) is 32.5 Å². The minimum atomic E-state index is 0.169. The van der Waals surface area contributed by atoms with Gasteiger partial charge in [0.2, 0.25) is 5.91 Å². The Labute approximate surface area is 79.3 Å². The molecule has 4 N–H and O–H groups in total. The molecule has 76 valence electrons. The molecule has 0 bridgehead atoms. The second-order valence-electron chi connectivity index (χ2n) is 3.56. The molecule has 0 aromatic carbocycles. The van der Waals surface area contributed by atoms with Crippen LogP contribution in [0.25, 0.3) is 0 Å². The normalized spacial score (nSPS) is 21.8. The van der Waals surface area contributed by atoms with Crippen molar-refractivity contribution in [2.24, 2.45) is 11.7 Å². The molecular weight excluding hydrogens is 166 g/mol. The van der Waals surface area contributed by atoms with Gasteiger partial charge in [0.15, 0.2) is 0 Å². The van der Waals surface area contributed by atoms with Crippen LogP contribution in [-0.4, -0.2) is 32.1 Å². The molecule has 1 aliphatic heterocycles. The minimum Gasteiger partial charge on any atom is -0.356 e. The number of nitrogens with one attached hydrogen (secondary N) is 2. The highest BCUT2D eigenvalue weighted by Gasteiger charge is 2.17. The van der Waals surface area contributed by atoms with Gasteiger partial charge in [-0.05, 0) is 38.4 Å². The molecule has 1 fully saturated rings. The van der Waals surface area contributed by atoms with E-state index in [1.54, 1.807) is 0 Å². The van der Waals surface area contributed by atoms with Crippen molar-refractivity contribution in [3.8, 4) is 0 Å². The van der Waals surface area contributed by atoms with Crippen molar-refractivity contribution < 1.29 is 4.79 Å². The number of nitrogens with two attached hydrogens (primary N) is 1. The summed E-state index contributed by atoms with van der Waals surface area (Å²) in [6.07, 6.45) is 2.66. The van der Waals surface area contributed by atoms with Gasteiger partial charge in [-0.15, -0.1) is 0 Å². The maximum atomic E-state index is 11.3. The van der Waals surface area contributed by atoms with Crippen LogP contribution in [0.1, 0.15) is 19.3 Å². The van der Waals surface area contributed by atoms with Gasteiger partial charge in [0, 0.05) is 13.0 Å². The van der Waals surface area contributed by atoms with Crippen LogP contribution in [0.3, 0.4) is 0 Å². The van der Waals surface area contributed by atoms with Gasteiger partial charge in [0.1, 0.15) is 0 Å². The van der Waals surface area contributed by atoms with Gasteiger partial charge >= 0.3 is 0 Å². The zero-order chi connectivity index (χ0) is 9.52. The molecule has 1 rings (SSSR count). The summed E-state index contributed by atoms with van der Waals surface area (Å²) in [5.41, 5.74) is 5.32. The van der Waals surface area contributed by atoms with Crippen molar-refractivity contribution in [3.63, 3.8) is 0 Å². The summed E-state index contributed by atoms with van der Waals surface area (Å²) in [6, 6.07) is 0. The van der Waals surface area contributed by atoms with Crippen LogP contribution in [0.15, 0.2) is 0 Å². The van der Waals surface area contributed by atoms with E-state index in [1.165, 1.54) is 0 Å². The Morgan fingerprint density at radius 1 is 1.62 bits per heavy atom. The van der Waals surface area contributed by atoms with Gasteiger partial charge in [-0.25, -0.2) is 0 Å². The lowest BCUT2D eigenvalue weighted by atomic mass is 10.0. The zero-order valence-corrected chi connectivity index (χ0v) is 8.01. The Hall–Kier alpha value is -0.610. The van der Waals surface area contributed by atoms with Gasteiger partial charge in [0.05, 0.1) is 0 Å². The first kappa shape index (κ1) is 10.5. The highest BCUT2D eigenvalue weighted by Crippen LogP contribution is 2.11. The highest BCUT2D eigenvalue weighted by molar-refractivity contribution is 5.76. The van der Waals surface area contributed by atoms with Crippen LogP contribution >= 0.6 is 0 Å². The van der Waals surface area contributed by atoms with E-state index in [2.05, 4.69) is 10.6 Å². The monoisotopic (exact) mass is 185 g/mol. The Morgan fingerprint density at radius 3 is 3.08 bits per heavy atom. The molecule has 13 heavy (non-hydrogen) atoms. The summed E-state index contributed by atoms with van der Waals surface area (Å²) >= 11 is 0. The van der Waals surface area contributed by atoms with Crippen molar-refractivity contribution in [3.05, 3.63) is 0 Å². The van der Waals surface area contributed by atoms with Crippen molar-refractivity contribution in [1.29, 1.82) is 0 Å². The van der Waals surface area contributed by atoms with Gasteiger partial charge in [0.25, 0.3) is 0 Å². The fourth-order valence-corrected chi connectivity index (χ4v) is 1.55. The Balaban J connectivity index is 2.02. The quantitative estimate of drug-likeness (QED) is 0.503. The minimum absolute atomic E-state index is 0.169. The molecule has 0 aromatic heterocycles. The number of hydrogen-bond acceptors (Lipinski definition) is 3. The maximum Gasteiger partial charge on any atom is 0.220 e. The number of hydrogen-bond donors (Lipinski definition) is 3. The predicted molar refractivity (Wildman–Crippen MR) is 52.3 cm³/mol. The fraction of sp³-hybridized carbons (Fsp3) is 0.889. The van der Waals surface area contributed by atoms with Crippen LogP contribution in [0.4, 0.5) is 0 Å². The van der Waals surface area contributed by atoms with E-state index in [4.69, 9.17) is 5.73 Å². The van der Waals surface area contributed by atoms with E-state index in [1.807, 2.05) is 0 Å². The lowest BCUT2D eigenvalue weighted by molar-refractivity contribution is -0.121. The van der Waals surface area contributed by atoms with E-state index in [0.29, 0.717) is 18.9 Å².